The van der Waals surface area contributed by atoms with Crippen LogP contribution in [0.2, 0.25) is 0 Å². The third-order valence-corrected chi connectivity index (χ3v) is 2.24. The molecule has 2 atom stereocenters. The van der Waals surface area contributed by atoms with Crippen LogP contribution in [0.25, 0.3) is 0 Å². The van der Waals surface area contributed by atoms with Gasteiger partial charge in [-0.3, -0.25) is 4.79 Å². The van der Waals surface area contributed by atoms with E-state index in [-0.39, 0.29) is 11.8 Å². The molecule has 0 aliphatic carbocycles. The summed E-state index contributed by atoms with van der Waals surface area (Å²) in [6, 6.07) is 0.492. The summed E-state index contributed by atoms with van der Waals surface area (Å²) in [6.45, 7) is 3.09. The van der Waals surface area contributed by atoms with E-state index in [0.29, 0.717) is 6.04 Å². The summed E-state index contributed by atoms with van der Waals surface area (Å²) in [6.07, 6.45) is 1.95. The van der Waals surface area contributed by atoms with Gasteiger partial charge in [0.05, 0.1) is 0 Å². The fraction of sp³-hybridized carbons (Fsp3) is 0.875. The molecule has 0 radical (unpaired) electrons. The zero-order chi connectivity index (χ0) is 8.27. The van der Waals surface area contributed by atoms with Crippen LogP contribution in [-0.4, -0.2) is 25.5 Å². The molecule has 1 aliphatic rings. The molecular weight excluding hydrogens is 140 g/mol. The first-order valence-electron chi connectivity index (χ1n) is 4.19. The first-order chi connectivity index (χ1) is 5.24. The molecule has 3 heteroatoms. The third-order valence-electron chi connectivity index (χ3n) is 2.24. The molecule has 2 N–H and O–H groups in total. The summed E-state index contributed by atoms with van der Waals surface area (Å²) in [5.74, 6) is 0.426. The molecule has 0 aromatic rings. The molecule has 0 spiro atoms. The number of amides is 1. The van der Waals surface area contributed by atoms with Gasteiger partial charge in [-0.25, -0.2) is 0 Å². The lowest BCUT2D eigenvalue weighted by atomic mass is 9.93. The molecule has 1 heterocycles. The van der Waals surface area contributed by atoms with Crippen molar-refractivity contribution < 1.29 is 4.79 Å². The minimum absolute atomic E-state index is 0.193. The van der Waals surface area contributed by atoms with E-state index < -0.39 is 0 Å². The third kappa shape index (κ3) is 2.19. The number of carbonyl (C=O) groups excluding carboxylic acids is 1. The predicted molar refractivity (Wildman–Crippen MR) is 44.3 cm³/mol. The van der Waals surface area contributed by atoms with Crippen LogP contribution in [0.4, 0.5) is 0 Å². The Morgan fingerprint density at radius 1 is 1.64 bits per heavy atom. The van der Waals surface area contributed by atoms with Gasteiger partial charge in [-0.05, 0) is 26.3 Å². The van der Waals surface area contributed by atoms with Gasteiger partial charge in [0.25, 0.3) is 0 Å². The van der Waals surface area contributed by atoms with Crippen LogP contribution in [0.5, 0.6) is 0 Å². The molecular formula is C8H16N2O. The van der Waals surface area contributed by atoms with E-state index in [1.165, 1.54) is 0 Å². The van der Waals surface area contributed by atoms with Gasteiger partial charge in [0, 0.05) is 19.0 Å². The van der Waals surface area contributed by atoms with Crippen LogP contribution in [0.1, 0.15) is 19.8 Å². The van der Waals surface area contributed by atoms with Crippen molar-refractivity contribution in [1.29, 1.82) is 0 Å². The van der Waals surface area contributed by atoms with Crippen molar-refractivity contribution in [3.63, 3.8) is 0 Å². The van der Waals surface area contributed by atoms with E-state index in [1.54, 1.807) is 7.05 Å². The van der Waals surface area contributed by atoms with Gasteiger partial charge in [-0.15, -0.1) is 0 Å². The fourth-order valence-corrected chi connectivity index (χ4v) is 1.57. The normalized spacial score (nSPS) is 31.5. The number of carbonyl (C=O) groups is 1. The van der Waals surface area contributed by atoms with Gasteiger partial charge >= 0.3 is 0 Å². The fourth-order valence-electron chi connectivity index (χ4n) is 1.57. The maximum absolute atomic E-state index is 11.2. The van der Waals surface area contributed by atoms with Crippen LogP contribution in [-0.2, 0) is 4.79 Å². The second-order valence-corrected chi connectivity index (χ2v) is 3.19. The number of nitrogens with one attached hydrogen (secondary N) is 2. The Morgan fingerprint density at radius 3 is 2.91 bits per heavy atom. The van der Waals surface area contributed by atoms with E-state index in [4.69, 9.17) is 0 Å². The molecule has 0 aromatic carbocycles. The molecule has 1 amide bonds. The second-order valence-electron chi connectivity index (χ2n) is 3.19. The van der Waals surface area contributed by atoms with Crippen LogP contribution >= 0.6 is 0 Å². The highest BCUT2D eigenvalue weighted by atomic mass is 16.1. The van der Waals surface area contributed by atoms with Crippen molar-refractivity contribution in [3.8, 4) is 0 Å². The molecule has 1 rings (SSSR count). The Bertz CT molecular complexity index is 147. The van der Waals surface area contributed by atoms with E-state index in [2.05, 4.69) is 17.6 Å². The molecule has 1 saturated heterocycles. The lowest BCUT2D eigenvalue weighted by molar-refractivity contribution is -0.125. The van der Waals surface area contributed by atoms with E-state index in [1.807, 2.05) is 0 Å². The van der Waals surface area contributed by atoms with Gasteiger partial charge in [0.1, 0.15) is 0 Å². The number of hydrogen-bond acceptors (Lipinski definition) is 2. The molecule has 0 aromatic heterocycles. The zero-order valence-electron chi connectivity index (χ0n) is 7.18. The highest BCUT2D eigenvalue weighted by Gasteiger charge is 2.23. The SMILES string of the molecule is CNC(=O)C1CCNC(C)C1. The summed E-state index contributed by atoms with van der Waals surface area (Å²) < 4.78 is 0. The largest absolute Gasteiger partial charge is 0.359 e. The highest BCUT2D eigenvalue weighted by Crippen LogP contribution is 2.15. The quantitative estimate of drug-likeness (QED) is 0.566. The van der Waals surface area contributed by atoms with E-state index >= 15 is 0 Å². The average Bonchev–Trinajstić information content (AvgIpc) is 2.03. The predicted octanol–water partition coefficient (Wildman–Crippen LogP) is 0.120. The molecule has 1 fully saturated rings. The van der Waals surface area contributed by atoms with Gasteiger partial charge in [0.2, 0.25) is 5.91 Å². The van der Waals surface area contributed by atoms with Gasteiger partial charge in [0.15, 0.2) is 0 Å². The topological polar surface area (TPSA) is 41.1 Å². The average molecular weight is 156 g/mol. The summed E-state index contributed by atoms with van der Waals surface area (Å²) in [4.78, 5) is 11.2. The van der Waals surface area contributed by atoms with Gasteiger partial charge in [-0.1, -0.05) is 0 Å². The van der Waals surface area contributed by atoms with Crippen LogP contribution in [0.3, 0.4) is 0 Å². The monoisotopic (exact) mass is 156 g/mol. The summed E-state index contributed by atoms with van der Waals surface area (Å²) in [5.41, 5.74) is 0. The Balaban J connectivity index is 2.39. The standard InChI is InChI=1S/C8H16N2O/c1-6-5-7(3-4-10-6)8(11)9-2/h6-7,10H,3-5H2,1-2H3,(H,9,11). The first-order valence-corrected chi connectivity index (χ1v) is 4.19. The molecule has 64 valence electrons. The van der Waals surface area contributed by atoms with E-state index in [9.17, 15) is 4.79 Å². The van der Waals surface area contributed by atoms with Crippen LogP contribution in [0.15, 0.2) is 0 Å². The maximum atomic E-state index is 11.2. The summed E-state index contributed by atoms with van der Waals surface area (Å²) >= 11 is 0. The second kappa shape index (κ2) is 3.72. The molecule has 0 bridgehead atoms. The molecule has 0 saturated carbocycles. The van der Waals surface area contributed by atoms with Crippen molar-refractivity contribution in [3.05, 3.63) is 0 Å². The van der Waals surface area contributed by atoms with E-state index in [0.717, 1.165) is 19.4 Å². The van der Waals surface area contributed by atoms with Crippen LogP contribution in [0, 0.1) is 5.92 Å². The zero-order valence-corrected chi connectivity index (χ0v) is 7.18. The van der Waals surface area contributed by atoms with Crippen molar-refractivity contribution in [2.75, 3.05) is 13.6 Å². The van der Waals surface area contributed by atoms with Crippen molar-refractivity contribution in [2.45, 2.75) is 25.8 Å². The van der Waals surface area contributed by atoms with Crippen molar-refractivity contribution >= 4 is 5.91 Å². The maximum Gasteiger partial charge on any atom is 0.222 e. The minimum atomic E-state index is 0.193. The Kier molecular flexibility index (Phi) is 2.88. The van der Waals surface area contributed by atoms with Crippen molar-refractivity contribution in [1.82, 2.24) is 10.6 Å². The lowest BCUT2D eigenvalue weighted by Crippen LogP contribution is -2.41. The Morgan fingerprint density at radius 2 is 2.36 bits per heavy atom. The van der Waals surface area contributed by atoms with Crippen molar-refractivity contribution in [2.24, 2.45) is 5.92 Å². The smallest absolute Gasteiger partial charge is 0.222 e. The summed E-state index contributed by atoms with van der Waals surface area (Å²) in [5, 5.41) is 6.00. The molecule has 11 heavy (non-hydrogen) atoms. The summed E-state index contributed by atoms with van der Waals surface area (Å²) in [7, 11) is 1.70. The molecule has 2 unspecified atom stereocenters. The van der Waals surface area contributed by atoms with Gasteiger partial charge in [-0.2, -0.15) is 0 Å². The highest BCUT2D eigenvalue weighted by molar-refractivity contribution is 5.78. The first kappa shape index (κ1) is 8.53. The number of rotatable bonds is 1. The molecule has 3 nitrogen and oxygen atoms in total. The number of piperidine rings is 1. The van der Waals surface area contributed by atoms with Crippen LogP contribution < -0.4 is 10.6 Å². The Hall–Kier alpha value is -0.570. The minimum Gasteiger partial charge on any atom is -0.359 e. The lowest BCUT2D eigenvalue weighted by Gasteiger charge is -2.26. The Labute approximate surface area is 67.5 Å². The molecule has 1 aliphatic heterocycles. The van der Waals surface area contributed by atoms with Gasteiger partial charge < -0.3 is 10.6 Å². The number of hydrogen-bond donors (Lipinski definition) is 2.